The second-order valence-electron chi connectivity index (χ2n) is 6.01. The van der Waals surface area contributed by atoms with Crippen LogP contribution in [0.2, 0.25) is 0 Å². The topological polar surface area (TPSA) is 81.3 Å². The molecule has 0 N–H and O–H groups in total. The first-order chi connectivity index (χ1) is 12.7. The molecule has 0 bridgehead atoms. The standard InChI is InChI=1S/C19H18N4O3/c1-2-25-15-8-6-14(7-9-15)23-12-13(11-17(23)24)18-21-19(26-22-18)16-5-3-4-10-20-16/h3-10,13H,2,11-12H2,1H3. The fraction of sp³-hybridized carbons (Fsp3) is 0.263. The molecule has 1 aliphatic heterocycles. The maximum Gasteiger partial charge on any atom is 0.276 e. The molecule has 1 amide bonds. The van der Waals surface area contributed by atoms with E-state index in [-0.39, 0.29) is 11.8 Å². The molecule has 3 aromatic rings. The molecule has 1 unspecified atom stereocenters. The minimum atomic E-state index is -0.102. The van der Waals surface area contributed by atoms with Crippen LogP contribution < -0.4 is 9.64 Å². The van der Waals surface area contributed by atoms with Gasteiger partial charge in [0.2, 0.25) is 5.91 Å². The molecule has 1 aliphatic rings. The molecule has 4 rings (SSSR count). The number of nitrogens with zero attached hydrogens (tertiary/aromatic N) is 4. The monoisotopic (exact) mass is 350 g/mol. The van der Waals surface area contributed by atoms with Crippen molar-refractivity contribution in [3.63, 3.8) is 0 Å². The van der Waals surface area contributed by atoms with Gasteiger partial charge in [0.1, 0.15) is 11.4 Å². The largest absolute Gasteiger partial charge is 0.494 e. The summed E-state index contributed by atoms with van der Waals surface area (Å²) in [4.78, 5) is 22.8. The Hall–Kier alpha value is -3.22. The van der Waals surface area contributed by atoms with Gasteiger partial charge in [-0.1, -0.05) is 11.2 Å². The number of aromatic nitrogens is 3. The molecule has 7 nitrogen and oxygen atoms in total. The van der Waals surface area contributed by atoms with Gasteiger partial charge >= 0.3 is 0 Å². The molecule has 0 radical (unpaired) electrons. The normalized spacial score (nSPS) is 16.9. The van der Waals surface area contributed by atoms with Crippen LogP contribution in [0.25, 0.3) is 11.6 Å². The quantitative estimate of drug-likeness (QED) is 0.703. The van der Waals surface area contributed by atoms with E-state index in [2.05, 4.69) is 15.1 Å². The van der Waals surface area contributed by atoms with Crippen LogP contribution >= 0.6 is 0 Å². The Morgan fingerprint density at radius 2 is 2.08 bits per heavy atom. The number of amides is 1. The summed E-state index contributed by atoms with van der Waals surface area (Å²) in [6, 6.07) is 13.0. The maximum atomic E-state index is 12.4. The van der Waals surface area contributed by atoms with Crippen molar-refractivity contribution in [2.24, 2.45) is 0 Å². The molecule has 26 heavy (non-hydrogen) atoms. The minimum Gasteiger partial charge on any atom is -0.494 e. The van der Waals surface area contributed by atoms with Crippen molar-refractivity contribution in [1.82, 2.24) is 15.1 Å². The molecule has 1 aromatic carbocycles. The van der Waals surface area contributed by atoms with Crippen molar-refractivity contribution in [2.75, 3.05) is 18.1 Å². The summed E-state index contributed by atoms with van der Waals surface area (Å²) in [6.45, 7) is 3.07. The van der Waals surface area contributed by atoms with Gasteiger partial charge in [-0.25, -0.2) is 0 Å². The smallest absolute Gasteiger partial charge is 0.276 e. The molecular weight excluding hydrogens is 332 g/mol. The summed E-state index contributed by atoms with van der Waals surface area (Å²) in [5.74, 6) is 1.64. The molecule has 1 atom stereocenters. The second-order valence-corrected chi connectivity index (χ2v) is 6.01. The summed E-state index contributed by atoms with van der Waals surface area (Å²) < 4.78 is 10.8. The van der Waals surface area contributed by atoms with E-state index >= 15 is 0 Å². The highest BCUT2D eigenvalue weighted by molar-refractivity contribution is 5.96. The molecule has 1 fully saturated rings. The molecule has 1 saturated heterocycles. The number of ether oxygens (including phenoxy) is 1. The van der Waals surface area contributed by atoms with Gasteiger partial charge in [-0.2, -0.15) is 4.98 Å². The lowest BCUT2D eigenvalue weighted by molar-refractivity contribution is -0.117. The number of carbonyl (C=O) groups excluding carboxylic acids is 1. The predicted octanol–water partition coefficient (Wildman–Crippen LogP) is 3.05. The molecule has 3 heterocycles. The Bertz CT molecular complexity index is 893. The highest BCUT2D eigenvalue weighted by atomic mass is 16.5. The summed E-state index contributed by atoms with van der Waals surface area (Å²) in [5.41, 5.74) is 1.47. The fourth-order valence-electron chi connectivity index (χ4n) is 3.01. The van der Waals surface area contributed by atoms with Crippen LogP contribution in [-0.2, 0) is 4.79 Å². The van der Waals surface area contributed by atoms with Crippen molar-refractivity contribution in [3.8, 4) is 17.3 Å². The molecular formula is C19H18N4O3. The molecule has 2 aromatic heterocycles. The first-order valence-electron chi connectivity index (χ1n) is 8.53. The van der Waals surface area contributed by atoms with Crippen molar-refractivity contribution >= 4 is 11.6 Å². The molecule has 132 valence electrons. The van der Waals surface area contributed by atoms with Crippen LogP contribution in [0.4, 0.5) is 5.69 Å². The van der Waals surface area contributed by atoms with E-state index in [1.54, 1.807) is 11.1 Å². The van der Waals surface area contributed by atoms with Crippen LogP contribution in [0.15, 0.2) is 53.2 Å². The number of anilines is 1. The fourth-order valence-corrected chi connectivity index (χ4v) is 3.01. The molecule has 0 spiro atoms. The molecule has 7 heteroatoms. The van der Waals surface area contributed by atoms with E-state index < -0.39 is 0 Å². The van der Waals surface area contributed by atoms with Gasteiger partial charge in [-0.05, 0) is 43.3 Å². The van der Waals surface area contributed by atoms with Crippen LogP contribution in [0.3, 0.4) is 0 Å². The van der Waals surface area contributed by atoms with Crippen LogP contribution in [-0.4, -0.2) is 34.2 Å². The third kappa shape index (κ3) is 3.15. The number of hydrogen-bond donors (Lipinski definition) is 0. The zero-order valence-electron chi connectivity index (χ0n) is 14.3. The Morgan fingerprint density at radius 3 is 2.81 bits per heavy atom. The number of benzene rings is 1. The van der Waals surface area contributed by atoms with E-state index in [0.29, 0.717) is 37.0 Å². The SMILES string of the molecule is CCOc1ccc(N2CC(c3noc(-c4ccccn4)n3)CC2=O)cc1. The van der Waals surface area contributed by atoms with Gasteiger partial charge in [0.15, 0.2) is 5.82 Å². The van der Waals surface area contributed by atoms with Crippen LogP contribution in [0, 0.1) is 0 Å². The number of pyridine rings is 1. The summed E-state index contributed by atoms with van der Waals surface area (Å²) in [6.07, 6.45) is 2.03. The summed E-state index contributed by atoms with van der Waals surface area (Å²) >= 11 is 0. The zero-order valence-corrected chi connectivity index (χ0v) is 14.3. The first-order valence-corrected chi connectivity index (χ1v) is 8.53. The average Bonchev–Trinajstić information content (AvgIpc) is 3.30. The number of rotatable bonds is 5. The average molecular weight is 350 g/mol. The van der Waals surface area contributed by atoms with Gasteiger partial charge in [0.25, 0.3) is 5.89 Å². The van der Waals surface area contributed by atoms with E-state index in [1.807, 2.05) is 49.4 Å². The first kappa shape index (κ1) is 16.3. The maximum absolute atomic E-state index is 12.4. The third-order valence-corrected chi connectivity index (χ3v) is 4.28. The Kier molecular flexibility index (Phi) is 4.35. The predicted molar refractivity (Wildman–Crippen MR) is 94.9 cm³/mol. The minimum absolute atomic E-state index is 0.0448. The van der Waals surface area contributed by atoms with Crippen molar-refractivity contribution in [1.29, 1.82) is 0 Å². The van der Waals surface area contributed by atoms with Gasteiger partial charge in [-0.3, -0.25) is 9.78 Å². The van der Waals surface area contributed by atoms with E-state index in [0.717, 1.165) is 11.4 Å². The van der Waals surface area contributed by atoms with Crippen molar-refractivity contribution in [2.45, 2.75) is 19.3 Å². The summed E-state index contributed by atoms with van der Waals surface area (Å²) in [5, 5.41) is 4.05. The van der Waals surface area contributed by atoms with E-state index in [1.165, 1.54) is 0 Å². The van der Waals surface area contributed by atoms with Gasteiger partial charge in [-0.15, -0.1) is 0 Å². The van der Waals surface area contributed by atoms with Crippen LogP contribution in [0.5, 0.6) is 5.75 Å². The Labute approximate surface area is 150 Å². The highest BCUT2D eigenvalue weighted by Crippen LogP contribution is 2.32. The van der Waals surface area contributed by atoms with Gasteiger partial charge in [0, 0.05) is 30.8 Å². The Morgan fingerprint density at radius 1 is 1.23 bits per heavy atom. The van der Waals surface area contributed by atoms with Gasteiger partial charge in [0.05, 0.1) is 6.61 Å². The highest BCUT2D eigenvalue weighted by Gasteiger charge is 2.34. The van der Waals surface area contributed by atoms with E-state index in [9.17, 15) is 4.79 Å². The van der Waals surface area contributed by atoms with Gasteiger partial charge < -0.3 is 14.2 Å². The lowest BCUT2D eigenvalue weighted by Gasteiger charge is -2.16. The van der Waals surface area contributed by atoms with E-state index in [4.69, 9.17) is 9.26 Å². The third-order valence-electron chi connectivity index (χ3n) is 4.28. The summed E-state index contributed by atoms with van der Waals surface area (Å²) in [7, 11) is 0. The van der Waals surface area contributed by atoms with Crippen molar-refractivity contribution in [3.05, 3.63) is 54.5 Å². The van der Waals surface area contributed by atoms with Crippen LogP contribution in [0.1, 0.15) is 25.1 Å². The second kappa shape index (κ2) is 6.95. The zero-order chi connectivity index (χ0) is 17.9. The lowest BCUT2D eigenvalue weighted by Crippen LogP contribution is -2.24. The lowest BCUT2D eigenvalue weighted by atomic mass is 10.1. The molecule has 0 aliphatic carbocycles. The number of carbonyl (C=O) groups is 1. The molecule has 0 saturated carbocycles. The number of hydrogen-bond acceptors (Lipinski definition) is 6. The Balaban J connectivity index is 1.50. The van der Waals surface area contributed by atoms with Crippen molar-refractivity contribution < 1.29 is 14.1 Å².